The largest absolute Gasteiger partial charge is 0.467 e. The molecule has 0 aliphatic carbocycles. The van der Waals surface area contributed by atoms with E-state index in [1.807, 2.05) is 30.3 Å². The summed E-state index contributed by atoms with van der Waals surface area (Å²) in [4.78, 5) is 44.0. The minimum absolute atomic E-state index is 0.180. The predicted molar refractivity (Wildman–Crippen MR) is 89.9 cm³/mol. The van der Waals surface area contributed by atoms with Gasteiger partial charge in [0.1, 0.15) is 12.6 Å². The van der Waals surface area contributed by atoms with Crippen molar-refractivity contribution >= 4 is 18.0 Å². The second-order valence-electron chi connectivity index (χ2n) is 6.20. The molecule has 10 nitrogen and oxygen atoms in total. The van der Waals surface area contributed by atoms with Crippen LogP contribution in [-0.2, 0) is 21.0 Å². The number of nitrogens with two attached hydrogens (primary N) is 1. The van der Waals surface area contributed by atoms with Crippen LogP contribution in [0.3, 0.4) is 0 Å². The molecule has 1 fully saturated rings. The third-order valence-corrected chi connectivity index (χ3v) is 4.70. The molecule has 2 aliphatic heterocycles. The molecule has 0 spiro atoms. The summed E-state index contributed by atoms with van der Waals surface area (Å²) in [5, 5.41) is 5.19. The van der Waals surface area contributed by atoms with Gasteiger partial charge in [-0.3, -0.25) is 4.84 Å². The highest BCUT2D eigenvalue weighted by molar-refractivity contribution is 5.89. The van der Waals surface area contributed by atoms with Crippen molar-refractivity contribution in [2.45, 2.75) is 18.7 Å². The highest BCUT2D eigenvalue weighted by Gasteiger charge is 2.53. The van der Waals surface area contributed by atoms with Crippen LogP contribution >= 0.6 is 0 Å². The number of esters is 1. The maximum atomic E-state index is 12.9. The number of methoxy groups -OCH3 is 1. The van der Waals surface area contributed by atoms with Crippen molar-refractivity contribution in [1.29, 1.82) is 0 Å². The fraction of sp³-hybridized carbons (Fsp3) is 0.294. The Morgan fingerprint density at radius 3 is 2.70 bits per heavy atom. The van der Waals surface area contributed by atoms with Crippen molar-refractivity contribution in [1.82, 2.24) is 19.7 Å². The normalized spacial score (nSPS) is 20.6. The second kappa shape index (κ2) is 6.40. The van der Waals surface area contributed by atoms with Gasteiger partial charge in [-0.05, 0) is 5.56 Å². The number of nitrogens with zero attached hydrogens (tertiary/aromatic N) is 4. The number of amides is 3. The number of carbonyl (C=O) groups excluding carboxylic acids is 3. The summed E-state index contributed by atoms with van der Waals surface area (Å²) in [6.45, 7) is 0.393. The minimum Gasteiger partial charge on any atom is -0.467 e. The molecule has 0 saturated carbocycles. The van der Waals surface area contributed by atoms with Gasteiger partial charge >= 0.3 is 18.0 Å². The van der Waals surface area contributed by atoms with Crippen LogP contribution in [-0.4, -0.2) is 51.4 Å². The number of benzene rings is 1. The van der Waals surface area contributed by atoms with Crippen molar-refractivity contribution in [2.24, 2.45) is 5.73 Å². The Bertz CT molecular complexity index is 912. The Kier molecular flexibility index (Phi) is 4.04. The summed E-state index contributed by atoms with van der Waals surface area (Å²) in [7, 11) is 1.21. The number of rotatable bonds is 4. The maximum Gasteiger partial charge on any atom is 0.345 e. The third-order valence-electron chi connectivity index (χ3n) is 4.70. The topological polar surface area (TPSA) is 120 Å². The monoisotopic (exact) mass is 371 g/mol. The van der Waals surface area contributed by atoms with E-state index >= 15 is 0 Å². The maximum absolute atomic E-state index is 12.9. The van der Waals surface area contributed by atoms with Gasteiger partial charge in [0.05, 0.1) is 25.5 Å². The van der Waals surface area contributed by atoms with Crippen LogP contribution in [0.4, 0.5) is 9.59 Å². The molecule has 2 aliphatic rings. The van der Waals surface area contributed by atoms with E-state index < -0.39 is 30.1 Å². The van der Waals surface area contributed by atoms with Gasteiger partial charge in [-0.15, -0.1) is 0 Å². The van der Waals surface area contributed by atoms with Gasteiger partial charge in [0.2, 0.25) is 0 Å². The Labute approximate surface area is 154 Å². The van der Waals surface area contributed by atoms with E-state index in [2.05, 4.69) is 5.10 Å². The summed E-state index contributed by atoms with van der Waals surface area (Å²) < 4.78 is 5.75. The van der Waals surface area contributed by atoms with Crippen LogP contribution in [0, 0.1) is 0 Å². The number of primary amides is 1. The molecular weight excluding hydrogens is 354 g/mol. The first-order valence-electron chi connectivity index (χ1n) is 8.25. The number of hydroxylamine groups is 2. The molecule has 2 N–H and O–H groups in total. The van der Waals surface area contributed by atoms with Gasteiger partial charge in [0.25, 0.3) is 0 Å². The van der Waals surface area contributed by atoms with Crippen molar-refractivity contribution in [3.05, 3.63) is 53.3 Å². The fourth-order valence-corrected chi connectivity index (χ4v) is 3.48. The lowest BCUT2D eigenvalue weighted by Gasteiger charge is -2.28. The molecule has 1 aromatic carbocycles. The lowest BCUT2D eigenvalue weighted by Crippen LogP contribution is -2.41. The molecule has 3 amide bonds. The molecule has 2 bridgehead atoms. The number of aromatic nitrogens is 2. The average Bonchev–Trinajstić information content (AvgIpc) is 3.23. The van der Waals surface area contributed by atoms with E-state index in [0.29, 0.717) is 5.56 Å². The van der Waals surface area contributed by atoms with Gasteiger partial charge in [-0.1, -0.05) is 30.3 Å². The quantitative estimate of drug-likeness (QED) is 0.799. The van der Waals surface area contributed by atoms with Crippen LogP contribution < -0.4 is 5.73 Å². The van der Waals surface area contributed by atoms with Crippen LogP contribution in [0.25, 0.3) is 0 Å². The van der Waals surface area contributed by atoms with E-state index in [-0.39, 0.29) is 18.8 Å². The smallest absolute Gasteiger partial charge is 0.345 e. The summed E-state index contributed by atoms with van der Waals surface area (Å²) in [5.74, 6) is -0.684. The number of urea groups is 1. The Hall–Kier alpha value is -3.40. The average molecular weight is 371 g/mol. The Morgan fingerprint density at radius 1 is 1.30 bits per heavy atom. The first kappa shape index (κ1) is 17.0. The summed E-state index contributed by atoms with van der Waals surface area (Å²) >= 11 is 0. The molecular formula is C17H17N5O5. The van der Waals surface area contributed by atoms with Crippen molar-refractivity contribution in [3.63, 3.8) is 0 Å². The van der Waals surface area contributed by atoms with Gasteiger partial charge in [-0.25, -0.2) is 14.4 Å². The minimum atomic E-state index is -1.12. The Balaban J connectivity index is 1.70. The van der Waals surface area contributed by atoms with E-state index in [1.54, 1.807) is 0 Å². The molecule has 2 aromatic rings. The standard InChI is InChI=1S/C17H17N5O5/c1-26-15(23)14-13-11(7-19-21(13)16(18)24)12-8-20(14)17(25)22(12)27-9-10-5-3-2-4-6-10/h2-7,12,14H,8-9H2,1H3,(H2,18,24)/t12-,14+/m1/s1. The lowest BCUT2D eigenvalue weighted by molar-refractivity contribution is -0.146. The molecule has 3 heterocycles. The van der Waals surface area contributed by atoms with Crippen molar-refractivity contribution < 1.29 is 24.0 Å². The number of hydrogen-bond acceptors (Lipinski definition) is 6. The van der Waals surface area contributed by atoms with Crippen molar-refractivity contribution in [3.8, 4) is 0 Å². The van der Waals surface area contributed by atoms with Crippen LogP contribution in [0.5, 0.6) is 0 Å². The van der Waals surface area contributed by atoms with Gasteiger partial charge in [0, 0.05) is 5.56 Å². The van der Waals surface area contributed by atoms with E-state index in [1.165, 1.54) is 23.3 Å². The summed E-state index contributed by atoms with van der Waals surface area (Å²) in [6.07, 6.45) is 1.43. The summed E-state index contributed by atoms with van der Waals surface area (Å²) in [5.41, 5.74) is 7.00. The molecule has 140 valence electrons. The number of hydrogen-bond donors (Lipinski definition) is 1. The molecule has 4 rings (SSSR count). The van der Waals surface area contributed by atoms with Crippen LogP contribution in [0.2, 0.25) is 0 Å². The first-order chi connectivity index (χ1) is 13.0. The number of fused-ring (bicyclic) bond motifs is 4. The third kappa shape index (κ3) is 2.61. The molecule has 1 aromatic heterocycles. The molecule has 2 atom stereocenters. The first-order valence-corrected chi connectivity index (χ1v) is 8.25. The SMILES string of the molecule is COC(=O)[C@@H]1c2c(cnn2C(N)=O)[C@H]2CN1C(=O)N2OCc1ccccc1. The van der Waals surface area contributed by atoms with Crippen LogP contribution in [0.15, 0.2) is 36.5 Å². The molecule has 0 unspecified atom stereocenters. The van der Waals surface area contributed by atoms with E-state index in [4.69, 9.17) is 15.3 Å². The van der Waals surface area contributed by atoms with Gasteiger partial charge in [-0.2, -0.15) is 14.8 Å². The zero-order valence-electron chi connectivity index (χ0n) is 14.4. The van der Waals surface area contributed by atoms with E-state index in [9.17, 15) is 14.4 Å². The highest BCUT2D eigenvalue weighted by Crippen LogP contribution is 2.44. The second-order valence-corrected chi connectivity index (χ2v) is 6.20. The number of carbonyl (C=O) groups is 3. The predicted octanol–water partition coefficient (Wildman–Crippen LogP) is 0.948. The van der Waals surface area contributed by atoms with Gasteiger partial charge < -0.3 is 15.4 Å². The fourth-order valence-electron chi connectivity index (χ4n) is 3.48. The van der Waals surface area contributed by atoms with Crippen LogP contribution in [0.1, 0.15) is 28.9 Å². The number of ether oxygens (including phenoxy) is 1. The molecule has 1 saturated heterocycles. The zero-order chi connectivity index (χ0) is 19.1. The molecule has 0 radical (unpaired) electrons. The summed E-state index contributed by atoms with van der Waals surface area (Å²) in [6, 6.07) is 6.41. The highest BCUT2D eigenvalue weighted by atomic mass is 16.7. The molecule has 27 heavy (non-hydrogen) atoms. The Morgan fingerprint density at radius 2 is 2.04 bits per heavy atom. The van der Waals surface area contributed by atoms with Crippen molar-refractivity contribution in [2.75, 3.05) is 13.7 Å². The lowest BCUT2D eigenvalue weighted by atomic mass is 9.98. The van der Waals surface area contributed by atoms with Gasteiger partial charge in [0.15, 0.2) is 6.04 Å². The van der Waals surface area contributed by atoms with E-state index in [0.717, 1.165) is 10.2 Å². The molecule has 10 heteroatoms. The zero-order valence-corrected chi connectivity index (χ0v) is 14.4.